The molecule has 0 bridgehead atoms. The Hall–Kier alpha value is -3.86. The normalized spacial score (nSPS) is 12.2. The van der Waals surface area contributed by atoms with E-state index in [1.165, 1.54) is 5.69 Å². The summed E-state index contributed by atoms with van der Waals surface area (Å²) in [5.74, 6) is 0.836. The molecule has 5 aromatic rings. The molecule has 5 heteroatoms. The maximum Gasteiger partial charge on any atom is 0.121 e. The predicted molar refractivity (Wildman–Crippen MR) is 138 cm³/mol. The molecule has 0 saturated carbocycles. The highest BCUT2D eigenvalue weighted by Crippen LogP contribution is 2.31. The first-order valence-corrected chi connectivity index (χ1v) is 11.4. The summed E-state index contributed by atoms with van der Waals surface area (Å²) in [4.78, 5) is 9.38. The number of hydrogen-bond acceptors (Lipinski definition) is 5. The molecule has 0 saturated heterocycles. The molecule has 0 aliphatic rings. The van der Waals surface area contributed by atoms with Crippen molar-refractivity contribution in [1.82, 2.24) is 9.97 Å². The number of nitrogens with one attached hydrogen (secondary N) is 2. The van der Waals surface area contributed by atoms with Gasteiger partial charge in [0.25, 0.3) is 0 Å². The number of methoxy groups -OCH3 is 1. The third-order valence-electron chi connectivity index (χ3n) is 6.02. The van der Waals surface area contributed by atoms with Crippen molar-refractivity contribution in [1.29, 1.82) is 0 Å². The second-order valence-corrected chi connectivity index (χ2v) is 8.39. The number of benzene rings is 3. The lowest BCUT2D eigenvalue weighted by Gasteiger charge is -2.18. The molecule has 1 atom stereocenters. The first-order chi connectivity index (χ1) is 16.2. The molecule has 2 N–H and O–H groups in total. The van der Waals surface area contributed by atoms with Gasteiger partial charge in [-0.05, 0) is 44.0 Å². The summed E-state index contributed by atoms with van der Waals surface area (Å²) < 4.78 is 5.48. The van der Waals surface area contributed by atoms with E-state index in [9.17, 15) is 0 Å². The van der Waals surface area contributed by atoms with E-state index in [2.05, 4.69) is 65.0 Å². The van der Waals surface area contributed by atoms with Crippen molar-refractivity contribution in [3.8, 4) is 5.75 Å². The molecule has 0 fully saturated rings. The Morgan fingerprint density at radius 3 is 2.36 bits per heavy atom. The molecule has 0 radical (unpaired) electrons. The average molecular weight is 437 g/mol. The number of aromatic nitrogens is 2. The zero-order chi connectivity index (χ0) is 22.6. The van der Waals surface area contributed by atoms with Crippen LogP contribution in [0.25, 0.3) is 32.7 Å². The molecule has 166 valence electrons. The Balaban J connectivity index is 1.28. The van der Waals surface area contributed by atoms with Gasteiger partial charge >= 0.3 is 0 Å². The number of para-hydroxylation sites is 2. The zero-order valence-corrected chi connectivity index (χ0v) is 19.0. The lowest BCUT2D eigenvalue weighted by atomic mass is 10.1. The van der Waals surface area contributed by atoms with Gasteiger partial charge < -0.3 is 15.4 Å². The van der Waals surface area contributed by atoms with Gasteiger partial charge in [-0.2, -0.15) is 0 Å². The molecule has 0 aliphatic heterocycles. The van der Waals surface area contributed by atoms with Gasteiger partial charge in [-0.1, -0.05) is 42.5 Å². The molecule has 0 amide bonds. The number of pyridine rings is 2. The van der Waals surface area contributed by atoms with Crippen LogP contribution in [0.2, 0.25) is 0 Å². The Morgan fingerprint density at radius 2 is 1.64 bits per heavy atom. The minimum atomic E-state index is 0.301. The minimum absolute atomic E-state index is 0.301. The van der Waals surface area contributed by atoms with Crippen LogP contribution in [-0.4, -0.2) is 29.7 Å². The molecule has 2 heterocycles. The van der Waals surface area contributed by atoms with E-state index >= 15 is 0 Å². The lowest BCUT2D eigenvalue weighted by Crippen LogP contribution is -2.17. The third kappa shape index (κ3) is 4.40. The van der Waals surface area contributed by atoms with E-state index in [1.54, 1.807) is 7.11 Å². The Bertz CT molecular complexity index is 1360. The monoisotopic (exact) mass is 436 g/mol. The van der Waals surface area contributed by atoms with E-state index < -0.39 is 0 Å². The highest BCUT2D eigenvalue weighted by molar-refractivity contribution is 6.07. The van der Waals surface area contributed by atoms with Crippen molar-refractivity contribution < 1.29 is 4.74 Å². The summed E-state index contributed by atoms with van der Waals surface area (Å²) >= 11 is 0. The molecule has 0 aliphatic carbocycles. The van der Waals surface area contributed by atoms with E-state index in [0.29, 0.717) is 6.04 Å². The van der Waals surface area contributed by atoms with Gasteiger partial charge in [0.15, 0.2) is 0 Å². The van der Waals surface area contributed by atoms with Crippen molar-refractivity contribution in [2.45, 2.75) is 25.8 Å². The van der Waals surface area contributed by atoms with Crippen LogP contribution in [-0.2, 0) is 0 Å². The number of fused-ring (bicyclic) bond motifs is 3. The molecule has 2 aromatic heterocycles. The van der Waals surface area contributed by atoms with Crippen molar-refractivity contribution in [2.24, 2.45) is 0 Å². The SMILES string of the molecule is COc1cc(NC(C)CCCNc2c3ccccc3nc3ccccc23)c2ncccc2c1. The van der Waals surface area contributed by atoms with Crippen molar-refractivity contribution >= 4 is 44.1 Å². The summed E-state index contributed by atoms with van der Waals surface area (Å²) in [5.41, 5.74) is 5.19. The number of nitrogens with zero attached hydrogens (tertiary/aromatic N) is 2. The predicted octanol–water partition coefficient (Wildman–Crippen LogP) is 6.64. The number of anilines is 2. The summed E-state index contributed by atoms with van der Waals surface area (Å²) in [5, 5.41) is 10.7. The fourth-order valence-electron chi connectivity index (χ4n) is 4.38. The molecule has 3 aromatic carbocycles. The topological polar surface area (TPSA) is 59.1 Å². The molecule has 1 unspecified atom stereocenters. The molecule has 33 heavy (non-hydrogen) atoms. The van der Waals surface area contributed by atoms with Gasteiger partial charge in [0, 0.05) is 41.0 Å². The summed E-state index contributed by atoms with van der Waals surface area (Å²) in [6.07, 6.45) is 3.89. The van der Waals surface area contributed by atoms with Gasteiger partial charge in [-0.3, -0.25) is 4.98 Å². The zero-order valence-electron chi connectivity index (χ0n) is 19.0. The highest BCUT2D eigenvalue weighted by Gasteiger charge is 2.11. The second-order valence-electron chi connectivity index (χ2n) is 8.39. The smallest absolute Gasteiger partial charge is 0.121 e. The maximum atomic E-state index is 5.48. The standard InChI is InChI=1S/C28H28N4O/c1-19(31-26-18-21(33-2)17-20-10-8-16-29-27(20)26)9-7-15-30-28-22-11-3-5-13-24(22)32-25-14-6-4-12-23(25)28/h3-6,8,10-14,16-19,31H,7,9,15H2,1-2H3,(H,30,32). The first-order valence-electron chi connectivity index (χ1n) is 11.4. The molecule has 0 spiro atoms. The Labute approximate surface area is 193 Å². The van der Waals surface area contributed by atoms with Crippen LogP contribution >= 0.6 is 0 Å². The molecular weight excluding hydrogens is 408 g/mol. The Kier molecular flexibility index (Phi) is 5.94. The minimum Gasteiger partial charge on any atom is -0.497 e. The van der Waals surface area contributed by atoms with Gasteiger partial charge in [-0.25, -0.2) is 4.98 Å². The summed E-state index contributed by atoms with van der Waals surface area (Å²) in [7, 11) is 1.70. The van der Waals surface area contributed by atoms with Crippen LogP contribution in [0, 0.1) is 0 Å². The van der Waals surface area contributed by atoms with Crippen LogP contribution in [0.5, 0.6) is 5.75 Å². The van der Waals surface area contributed by atoms with Crippen LogP contribution < -0.4 is 15.4 Å². The van der Waals surface area contributed by atoms with E-state index in [1.807, 2.05) is 36.5 Å². The highest BCUT2D eigenvalue weighted by atomic mass is 16.5. The fraction of sp³-hybridized carbons (Fsp3) is 0.214. The largest absolute Gasteiger partial charge is 0.497 e. The van der Waals surface area contributed by atoms with E-state index in [4.69, 9.17) is 9.72 Å². The van der Waals surface area contributed by atoms with Crippen molar-refractivity contribution in [3.63, 3.8) is 0 Å². The quantitative estimate of drug-likeness (QED) is 0.211. The Morgan fingerprint density at radius 1 is 0.909 bits per heavy atom. The summed E-state index contributed by atoms with van der Waals surface area (Å²) in [6, 6.07) is 25.0. The van der Waals surface area contributed by atoms with Crippen LogP contribution in [0.3, 0.4) is 0 Å². The van der Waals surface area contributed by atoms with Gasteiger partial charge in [0.05, 0.1) is 35.0 Å². The third-order valence-corrected chi connectivity index (χ3v) is 6.02. The van der Waals surface area contributed by atoms with Gasteiger partial charge in [-0.15, -0.1) is 0 Å². The van der Waals surface area contributed by atoms with Gasteiger partial charge in [0.2, 0.25) is 0 Å². The number of hydrogen-bond donors (Lipinski definition) is 2. The van der Waals surface area contributed by atoms with Crippen LogP contribution in [0.1, 0.15) is 19.8 Å². The first kappa shape index (κ1) is 21.0. The van der Waals surface area contributed by atoms with Crippen LogP contribution in [0.4, 0.5) is 11.4 Å². The van der Waals surface area contributed by atoms with Crippen molar-refractivity contribution in [3.05, 3.63) is 79.0 Å². The molecular formula is C28H28N4O. The number of rotatable bonds is 8. The van der Waals surface area contributed by atoms with Crippen LogP contribution in [0.15, 0.2) is 79.0 Å². The van der Waals surface area contributed by atoms with E-state index in [0.717, 1.165) is 63.5 Å². The number of ether oxygens (including phenoxy) is 1. The average Bonchev–Trinajstić information content (AvgIpc) is 2.85. The van der Waals surface area contributed by atoms with E-state index in [-0.39, 0.29) is 0 Å². The maximum absolute atomic E-state index is 5.48. The summed E-state index contributed by atoms with van der Waals surface area (Å²) in [6.45, 7) is 3.10. The fourth-order valence-corrected chi connectivity index (χ4v) is 4.38. The molecule has 5 rings (SSSR count). The second kappa shape index (κ2) is 9.33. The van der Waals surface area contributed by atoms with Crippen molar-refractivity contribution in [2.75, 3.05) is 24.3 Å². The lowest BCUT2D eigenvalue weighted by molar-refractivity contribution is 0.415. The molecule has 5 nitrogen and oxygen atoms in total. The van der Waals surface area contributed by atoms with Gasteiger partial charge in [0.1, 0.15) is 5.75 Å².